The highest BCUT2D eigenvalue weighted by Gasteiger charge is 2.19. The van der Waals surface area contributed by atoms with Gasteiger partial charge in [-0.2, -0.15) is 0 Å². The first-order valence-electron chi connectivity index (χ1n) is 28.5. The highest BCUT2D eigenvalue weighted by molar-refractivity contribution is 5.71. The van der Waals surface area contributed by atoms with Crippen molar-refractivity contribution in [1.82, 2.24) is 0 Å². The van der Waals surface area contributed by atoms with Gasteiger partial charge < -0.3 is 14.2 Å². The van der Waals surface area contributed by atoms with Gasteiger partial charge in [0.1, 0.15) is 13.2 Å². The van der Waals surface area contributed by atoms with Crippen molar-refractivity contribution in [1.29, 1.82) is 0 Å². The van der Waals surface area contributed by atoms with E-state index in [9.17, 15) is 14.4 Å². The smallest absolute Gasteiger partial charge is 0.306 e. The maximum atomic E-state index is 12.8. The molecule has 0 rings (SSSR count). The van der Waals surface area contributed by atoms with E-state index in [2.05, 4.69) is 93.7 Å². The number of hydrogen-bond acceptors (Lipinski definition) is 6. The van der Waals surface area contributed by atoms with Gasteiger partial charge in [-0.25, -0.2) is 0 Å². The lowest BCUT2D eigenvalue weighted by atomic mass is 10.1. The number of allylic oxidation sites excluding steroid dienone is 12. The van der Waals surface area contributed by atoms with Crippen molar-refractivity contribution in [3.8, 4) is 0 Å². The van der Waals surface area contributed by atoms with Crippen LogP contribution >= 0.6 is 0 Å². The molecule has 0 heterocycles. The Bertz CT molecular complexity index is 1260. The average Bonchev–Trinajstić information content (AvgIpc) is 3.33. The molecule has 1 atom stereocenters. The van der Waals surface area contributed by atoms with Crippen LogP contribution in [0.15, 0.2) is 72.9 Å². The summed E-state index contributed by atoms with van der Waals surface area (Å²) >= 11 is 0. The summed E-state index contributed by atoms with van der Waals surface area (Å²) < 4.78 is 16.8. The molecule has 0 aromatic carbocycles. The lowest BCUT2D eigenvalue weighted by Gasteiger charge is -2.18. The first-order chi connectivity index (χ1) is 33.0. The van der Waals surface area contributed by atoms with Crippen molar-refractivity contribution >= 4 is 17.9 Å². The van der Waals surface area contributed by atoms with Crippen LogP contribution in [0.4, 0.5) is 0 Å². The molecule has 0 aromatic rings. The van der Waals surface area contributed by atoms with Crippen molar-refractivity contribution in [2.24, 2.45) is 0 Å². The Morgan fingerprint density at radius 1 is 0.328 bits per heavy atom. The maximum absolute atomic E-state index is 12.8. The quantitative estimate of drug-likeness (QED) is 0.0199. The van der Waals surface area contributed by atoms with Gasteiger partial charge in [0.05, 0.1) is 0 Å². The zero-order valence-corrected chi connectivity index (χ0v) is 44.2. The first kappa shape index (κ1) is 63.8. The Morgan fingerprint density at radius 3 is 1.06 bits per heavy atom. The van der Waals surface area contributed by atoms with Gasteiger partial charge in [-0.3, -0.25) is 14.4 Å². The standard InChI is InChI=1S/C61H106O6/c1-4-7-10-13-16-19-22-25-27-29-30-32-33-36-39-42-45-48-51-54-60(63)66-57-58(56-65-59(62)53-50-47-44-41-38-35-24-21-18-15-12-9-6-3)67-61(64)55-52-49-46-43-40-37-34-31-28-26-23-20-17-14-11-8-5-2/h9,12,15,17-18,20-21,24,26,28-30,58H,4-8,10-11,13-14,16,19,22-23,25,27,31-57H2,1-3H3/b12-9+,18-15+,20-17+,24-21+,28-26+,30-29+. The molecule has 0 bridgehead atoms. The van der Waals surface area contributed by atoms with Crippen LogP contribution in [-0.2, 0) is 28.6 Å². The van der Waals surface area contributed by atoms with Gasteiger partial charge in [0.25, 0.3) is 0 Å². The fourth-order valence-corrected chi connectivity index (χ4v) is 7.94. The topological polar surface area (TPSA) is 78.9 Å². The summed E-state index contributed by atoms with van der Waals surface area (Å²) in [5, 5.41) is 0. The SMILES string of the molecule is CC/C=C/C=C/C=C/CCCCCCCC(=O)OCC(COC(=O)CCCCCCCCC/C=C/CCCCCCCCCC)OC(=O)CCCCCCCCC/C=C/C/C=C/CCCCC. The van der Waals surface area contributed by atoms with E-state index in [0.29, 0.717) is 19.3 Å². The Labute approximate surface area is 414 Å². The van der Waals surface area contributed by atoms with Crippen LogP contribution in [-0.4, -0.2) is 37.2 Å². The van der Waals surface area contributed by atoms with Crippen molar-refractivity contribution in [3.63, 3.8) is 0 Å². The van der Waals surface area contributed by atoms with Crippen LogP contribution in [0.2, 0.25) is 0 Å². The molecule has 0 amide bonds. The number of hydrogen-bond donors (Lipinski definition) is 0. The molecule has 386 valence electrons. The van der Waals surface area contributed by atoms with Gasteiger partial charge in [0.2, 0.25) is 0 Å². The van der Waals surface area contributed by atoms with Crippen LogP contribution in [0.25, 0.3) is 0 Å². The number of carbonyl (C=O) groups excluding carboxylic acids is 3. The van der Waals surface area contributed by atoms with E-state index in [1.807, 2.05) is 0 Å². The van der Waals surface area contributed by atoms with Crippen LogP contribution in [0.3, 0.4) is 0 Å². The molecule has 0 saturated carbocycles. The average molecular weight is 936 g/mol. The molecule has 0 N–H and O–H groups in total. The summed E-state index contributed by atoms with van der Waals surface area (Å²) in [6.45, 7) is 6.47. The largest absolute Gasteiger partial charge is 0.462 e. The molecule has 6 nitrogen and oxygen atoms in total. The van der Waals surface area contributed by atoms with Crippen LogP contribution in [0.1, 0.15) is 278 Å². The third-order valence-corrected chi connectivity index (χ3v) is 12.2. The highest BCUT2D eigenvalue weighted by atomic mass is 16.6. The number of rotatable bonds is 51. The molecule has 0 aromatic heterocycles. The molecule has 0 spiro atoms. The van der Waals surface area contributed by atoms with Crippen molar-refractivity contribution in [3.05, 3.63) is 72.9 Å². The van der Waals surface area contributed by atoms with Gasteiger partial charge >= 0.3 is 17.9 Å². The van der Waals surface area contributed by atoms with E-state index in [1.54, 1.807) is 0 Å². The maximum Gasteiger partial charge on any atom is 0.306 e. The van der Waals surface area contributed by atoms with Crippen molar-refractivity contribution in [2.45, 2.75) is 284 Å². The summed E-state index contributed by atoms with van der Waals surface area (Å²) in [5.74, 6) is -0.914. The van der Waals surface area contributed by atoms with Gasteiger partial charge in [-0.05, 0) is 96.3 Å². The van der Waals surface area contributed by atoms with Crippen LogP contribution in [0, 0.1) is 0 Å². The second-order valence-corrected chi connectivity index (χ2v) is 18.9. The molecule has 0 aliphatic heterocycles. The summed E-state index contributed by atoms with van der Waals surface area (Å²) in [4.78, 5) is 38.1. The van der Waals surface area contributed by atoms with E-state index in [-0.39, 0.29) is 31.1 Å². The Morgan fingerprint density at radius 2 is 0.642 bits per heavy atom. The summed E-state index contributed by atoms with van der Waals surface area (Å²) in [5.41, 5.74) is 0. The van der Waals surface area contributed by atoms with Crippen LogP contribution < -0.4 is 0 Å². The number of ether oxygens (including phenoxy) is 3. The Hall–Kier alpha value is -3.15. The van der Waals surface area contributed by atoms with Gasteiger partial charge in [0.15, 0.2) is 6.10 Å². The monoisotopic (exact) mass is 935 g/mol. The molecule has 67 heavy (non-hydrogen) atoms. The van der Waals surface area contributed by atoms with E-state index >= 15 is 0 Å². The molecule has 0 saturated heterocycles. The fourth-order valence-electron chi connectivity index (χ4n) is 7.94. The predicted molar refractivity (Wildman–Crippen MR) is 288 cm³/mol. The van der Waals surface area contributed by atoms with E-state index in [1.165, 1.54) is 141 Å². The van der Waals surface area contributed by atoms with Gasteiger partial charge in [-0.15, -0.1) is 0 Å². The summed E-state index contributed by atoms with van der Waals surface area (Å²) in [7, 11) is 0. The summed E-state index contributed by atoms with van der Waals surface area (Å²) in [6.07, 6.45) is 70.3. The number of unbranched alkanes of at least 4 members (excludes halogenated alkanes) is 30. The van der Waals surface area contributed by atoms with Crippen molar-refractivity contribution in [2.75, 3.05) is 13.2 Å². The normalized spacial score (nSPS) is 12.6. The molecular weight excluding hydrogens is 829 g/mol. The molecule has 0 radical (unpaired) electrons. The Balaban J connectivity index is 4.39. The fraction of sp³-hybridized carbons (Fsp3) is 0.754. The van der Waals surface area contributed by atoms with Gasteiger partial charge in [-0.1, -0.05) is 235 Å². The van der Waals surface area contributed by atoms with Crippen LogP contribution in [0.5, 0.6) is 0 Å². The molecular formula is C61H106O6. The minimum absolute atomic E-state index is 0.0873. The van der Waals surface area contributed by atoms with E-state index in [0.717, 1.165) is 96.3 Å². The second kappa shape index (κ2) is 55.4. The summed E-state index contributed by atoms with van der Waals surface area (Å²) in [6, 6.07) is 0. The number of carbonyl (C=O) groups is 3. The zero-order valence-electron chi connectivity index (χ0n) is 44.2. The zero-order chi connectivity index (χ0) is 48.6. The molecule has 0 fully saturated rings. The molecule has 1 unspecified atom stereocenters. The predicted octanol–water partition coefficient (Wildman–Crippen LogP) is 19.0. The van der Waals surface area contributed by atoms with Crippen molar-refractivity contribution < 1.29 is 28.6 Å². The highest BCUT2D eigenvalue weighted by Crippen LogP contribution is 2.15. The lowest BCUT2D eigenvalue weighted by molar-refractivity contribution is -0.167. The molecule has 6 heteroatoms. The third-order valence-electron chi connectivity index (χ3n) is 12.2. The first-order valence-corrected chi connectivity index (χ1v) is 28.5. The Kier molecular flexibility index (Phi) is 52.8. The minimum atomic E-state index is -0.790. The van der Waals surface area contributed by atoms with E-state index in [4.69, 9.17) is 14.2 Å². The number of esters is 3. The minimum Gasteiger partial charge on any atom is -0.462 e. The second-order valence-electron chi connectivity index (χ2n) is 18.9. The molecule has 0 aliphatic rings. The third kappa shape index (κ3) is 53.7. The molecule has 0 aliphatic carbocycles. The van der Waals surface area contributed by atoms with E-state index < -0.39 is 6.10 Å². The lowest BCUT2D eigenvalue weighted by Crippen LogP contribution is -2.30. The van der Waals surface area contributed by atoms with Gasteiger partial charge in [0, 0.05) is 19.3 Å².